The normalized spacial score (nSPS) is 14.8. The van der Waals surface area contributed by atoms with E-state index in [1.807, 2.05) is 16.7 Å². The first-order valence-corrected chi connectivity index (χ1v) is 11.3. The van der Waals surface area contributed by atoms with Gasteiger partial charge in [0.1, 0.15) is 17.4 Å². The lowest BCUT2D eigenvalue weighted by Crippen LogP contribution is -2.28. The third-order valence-corrected chi connectivity index (χ3v) is 6.65. The van der Waals surface area contributed by atoms with Crippen LogP contribution in [0.4, 0.5) is 0 Å². The molecule has 0 saturated heterocycles. The Morgan fingerprint density at radius 2 is 1.77 bits per heavy atom. The summed E-state index contributed by atoms with van der Waals surface area (Å²) in [5, 5.41) is 8.51. The highest BCUT2D eigenvalue weighted by molar-refractivity contribution is 7.89. The van der Waals surface area contributed by atoms with E-state index in [-0.39, 0.29) is 11.4 Å². The van der Waals surface area contributed by atoms with Gasteiger partial charge in [-0.3, -0.25) is 4.90 Å². The molecule has 30 heavy (non-hydrogen) atoms. The monoisotopic (exact) mass is 427 g/mol. The summed E-state index contributed by atoms with van der Waals surface area (Å²) in [5.74, 6) is 2.38. The van der Waals surface area contributed by atoms with E-state index in [1.165, 1.54) is 5.56 Å². The molecule has 0 bridgehead atoms. The average Bonchev–Trinajstić information content (AvgIpc) is 3.06. The molecule has 0 aliphatic carbocycles. The van der Waals surface area contributed by atoms with Crippen LogP contribution in [0.5, 0.6) is 5.75 Å². The van der Waals surface area contributed by atoms with Gasteiger partial charge in [0.15, 0.2) is 0 Å². The van der Waals surface area contributed by atoms with Crippen LogP contribution in [0.15, 0.2) is 59.5 Å². The van der Waals surface area contributed by atoms with Gasteiger partial charge in [0, 0.05) is 32.6 Å². The minimum atomic E-state index is -3.58. The van der Waals surface area contributed by atoms with Crippen LogP contribution in [0.2, 0.25) is 0 Å². The van der Waals surface area contributed by atoms with Crippen molar-refractivity contribution in [3.05, 3.63) is 71.8 Å². The third-order valence-electron chi connectivity index (χ3n) is 5.23. The van der Waals surface area contributed by atoms with Gasteiger partial charge in [-0.05, 0) is 29.8 Å². The Kier molecular flexibility index (Phi) is 6.12. The minimum absolute atomic E-state index is 0.114. The molecule has 2 aromatic carbocycles. The smallest absolute Gasteiger partial charge is 0.240 e. The van der Waals surface area contributed by atoms with Crippen molar-refractivity contribution in [3.8, 4) is 5.75 Å². The summed E-state index contributed by atoms with van der Waals surface area (Å²) in [5.41, 5.74) is 1.23. The molecular weight excluding hydrogens is 402 g/mol. The molecule has 2 heterocycles. The van der Waals surface area contributed by atoms with Crippen molar-refractivity contribution >= 4 is 10.0 Å². The van der Waals surface area contributed by atoms with Gasteiger partial charge in [-0.15, -0.1) is 10.2 Å². The van der Waals surface area contributed by atoms with Gasteiger partial charge in [0.25, 0.3) is 0 Å². The summed E-state index contributed by atoms with van der Waals surface area (Å²) in [7, 11) is -1.92. The van der Waals surface area contributed by atoms with E-state index < -0.39 is 10.0 Å². The topological polar surface area (TPSA) is 89.3 Å². The summed E-state index contributed by atoms with van der Waals surface area (Å²) in [4.78, 5) is 2.61. The summed E-state index contributed by atoms with van der Waals surface area (Å²) in [6.45, 7) is 3.40. The molecule has 8 nitrogen and oxygen atoms in total. The van der Waals surface area contributed by atoms with Crippen LogP contribution >= 0.6 is 0 Å². The molecule has 0 fully saturated rings. The zero-order chi connectivity index (χ0) is 21.0. The lowest BCUT2D eigenvalue weighted by molar-refractivity contribution is 0.270. The molecule has 0 amide bonds. The van der Waals surface area contributed by atoms with Crippen molar-refractivity contribution in [2.75, 3.05) is 20.2 Å². The van der Waals surface area contributed by atoms with Crippen LogP contribution in [0, 0.1) is 0 Å². The molecule has 158 valence electrons. The van der Waals surface area contributed by atoms with Crippen molar-refractivity contribution in [1.82, 2.24) is 24.4 Å². The Morgan fingerprint density at radius 3 is 2.50 bits per heavy atom. The minimum Gasteiger partial charge on any atom is -0.497 e. The maximum absolute atomic E-state index is 12.5. The number of ether oxygens (including phenoxy) is 1. The number of nitrogens with one attached hydrogen (secondary N) is 1. The fraction of sp³-hybridized carbons (Fsp3) is 0.333. The van der Waals surface area contributed by atoms with Crippen molar-refractivity contribution < 1.29 is 13.2 Å². The molecule has 0 radical (unpaired) electrons. The second-order valence-electron chi connectivity index (χ2n) is 7.20. The number of fused-ring (bicyclic) bond motifs is 1. The lowest BCUT2D eigenvalue weighted by atomic mass is 10.2. The molecule has 1 aromatic heterocycles. The fourth-order valence-corrected chi connectivity index (χ4v) is 4.55. The molecular formula is C21H25N5O3S. The SMILES string of the molecule is COc1ccc(CN2CCc3nnc(CNS(=O)(=O)c4ccccc4)n3CC2)cc1. The molecule has 1 N–H and O–H groups in total. The molecule has 9 heteroatoms. The van der Waals surface area contributed by atoms with Crippen molar-refractivity contribution in [1.29, 1.82) is 0 Å². The molecule has 0 saturated carbocycles. The number of aromatic nitrogens is 3. The fourth-order valence-electron chi connectivity index (χ4n) is 3.55. The van der Waals surface area contributed by atoms with Crippen LogP contribution in [0.1, 0.15) is 17.2 Å². The Morgan fingerprint density at radius 1 is 1.00 bits per heavy atom. The highest BCUT2D eigenvalue weighted by atomic mass is 32.2. The Hall–Kier alpha value is -2.75. The number of hydrogen-bond acceptors (Lipinski definition) is 6. The van der Waals surface area contributed by atoms with Gasteiger partial charge in [-0.25, -0.2) is 13.1 Å². The van der Waals surface area contributed by atoms with E-state index in [9.17, 15) is 8.42 Å². The predicted octanol–water partition coefficient (Wildman–Crippen LogP) is 1.82. The number of sulfonamides is 1. The standard InChI is InChI=1S/C21H25N5O3S/c1-29-18-9-7-17(8-10-18)16-25-12-11-20-23-24-21(26(20)14-13-25)15-22-30(27,28)19-5-3-2-4-6-19/h2-10,22H,11-16H2,1H3. The van der Waals surface area contributed by atoms with E-state index >= 15 is 0 Å². The first-order chi connectivity index (χ1) is 14.5. The van der Waals surface area contributed by atoms with Gasteiger partial charge in [0.2, 0.25) is 10.0 Å². The van der Waals surface area contributed by atoms with Crippen LogP contribution in [-0.4, -0.2) is 48.3 Å². The molecule has 3 aromatic rings. The number of hydrogen-bond donors (Lipinski definition) is 1. The van der Waals surface area contributed by atoms with Crippen molar-refractivity contribution in [3.63, 3.8) is 0 Å². The second kappa shape index (κ2) is 8.95. The van der Waals surface area contributed by atoms with Gasteiger partial charge < -0.3 is 9.30 Å². The average molecular weight is 428 g/mol. The molecule has 0 spiro atoms. The zero-order valence-electron chi connectivity index (χ0n) is 16.9. The Balaban J connectivity index is 1.39. The highest BCUT2D eigenvalue weighted by Gasteiger charge is 2.20. The molecule has 4 rings (SSSR count). The maximum atomic E-state index is 12.5. The van der Waals surface area contributed by atoms with E-state index in [4.69, 9.17) is 4.74 Å². The number of methoxy groups -OCH3 is 1. The summed E-state index contributed by atoms with van der Waals surface area (Å²) in [6, 6.07) is 16.4. The highest BCUT2D eigenvalue weighted by Crippen LogP contribution is 2.16. The van der Waals surface area contributed by atoms with E-state index in [1.54, 1.807) is 37.4 Å². The maximum Gasteiger partial charge on any atom is 0.240 e. The van der Waals surface area contributed by atoms with Crippen LogP contribution in [-0.2, 0) is 36.1 Å². The van der Waals surface area contributed by atoms with Gasteiger partial charge in [0.05, 0.1) is 18.6 Å². The van der Waals surface area contributed by atoms with E-state index in [0.29, 0.717) is 5.82 Å². The summed E-state index contributed by atoms with van der Waals surface area (Å²) < 4.78 is 34.8. The zero-order valence-corrected chi connectivity index (χ0v) is 17.7. The Labute approximate surface area is 176 Å². The predicted molar refractivity (Wildman–Crippen MR) is 112 cm³/mol. The van der Waals surface area contributed by atoms with E-state index in [2.05, 4.69) is 32.0 Å². The van der Waals surface area contributed by atoms with Gasteiger partial charge in [-0.1, -0.05) is 30.3 Å². The number of rotatable bonds is 7. The van der Waals surface area contributed by atoms with Crippen molar-refractivity contribution in [2.45, 2.75) is 31.0 Å². The lowest BCUT2D eigenvalue weighted by Gasteiger charge is -2.19. The first-order valence-electron chi connectivity index (χ1n) is 9.86. The largest absolute Gasteiger partial charge is 0.497 e. The third kappa shape index (κ3) is 4.69. The van der Waals surface area contributed by atoms with Crippen molar-refractivity contribution in [2.24, 2.45) is 0 Å². The Bertz CT molecular complexity index is 1080. The van der Waals surface area contributed by atoms with Gasteiger partial charge >= 0.3 is 0 Å². The molecule has 1 aliphatic heterocycles. The molecule has 1 aliphatic rings. The molecule has 0 unspecified atom stereocenters. The van der Waals surface area contributed by atoms with E-state index in [0.717, 1.165) is 44.2 Å². The first kappa shape index (κ1) is 20.5. The van der Waals surface area contributed by atoms with Crippen LogP contribution in [0.3, 0.4) is 0 Å². The second-order valence-corrected chi connectivity index (χ2v) is 8.96. The van der Waals surface area contributed by atoms with Crippen LogP contribution < -0.4 is 9.46 Å². The number of benzene rings is 2. The summed E-state index contributed by atoms with van der Waals surface area (Å²) >= 11 is 0. The quantitative estimate of drug-likeness (QED) is 0.619. The van der Waals surface area contributed by atoms with Gasteiger partial charge in [-0.2, -0.15) is 0 Å². The summed E-state index contributed by atoms with van der Waals surface area (Å²) in [6.07, 6.45) is 0.772. The van der Waals surface area contributed by atoms with Crippen LogP contribution in [0.25, 0.3) is 0 Å². The molecule has 0 atom stereocenters. The number of nitrogens with zero attached hydrogens (tertiary/aromatic N) is 4.